The van der Waals surface area contributed by atoms with Crippen molar-refractivity contribution in [3.63, 3.8) is 0 Å². The fourth-order valence-electron chi connectivity index (χ4n) is 2.39. The first-order chi connectivity index (χ1) is 12.3. The molecular formula is C15H13ClN4O6. The minimum Gasteiger partial charge on any atom is -0.466 e. The molecule has 0 atom stereocenters. The molecule has 1 heterocycles. The maximum Gasteiger partial charge on any atom is 0.337 e. The Bertz CT molecular complexity index is 860. The van der Waals surface area contributed by atoms with Crippen LogP contribution >= 0.6 is 11.6 Å². The lowest BCUT2D eigenvalue weighted by Crippen LogP contribution is -2.31. The fraction of sp³-hybridized carbons (Fsp3) is 0.267. The van der Waals surface area contributed by atoms with Gasteiger partial charge in [0.2, 0.25) is 0 Å². The van der Waals surface area contributed by atoms with Crippen LogP contribution in [0.15, 0.2) is 23.4 Å². The van der Waals surface area contributed by atoms with Gasteiger partial charge in [0.25, 0.3) is 11.6 Å². The highest BCUT2D eigenvalue weighted by molar-refractivity contribution is 6.34. The number of carbonyl (C=O) groups excluding carboxylic acids is 2. The van der Waals surface area contributed by atoms with Gasteiger partial charge in [0.15, 0.2) is 0 Å². The number of aliphatic hydroxyl groups excluding tert-OH is 1. The quantitative estimate of drug-likeness (QED) is 0.418. The number of rotatable bonds is 6. The van der Waals surface area contributed by atoms with Gasteiger partial charge in [-0.15, -0.1) is 0 Å². The van der Waals surface area contributed by atoms with Crippen molar-refractivity contribution in [2.75, 3.05) is 32.1 Å². The molecule has 0 fully saturated rings. The third-order valence-corrected chi connectivity index (χ3v) is 3.91. The van der Waals surface area contributed by atoms with Crippen molar-refractivity contribution >= 4 is 34.9 Å². The summed E-state index contributed by atoms with van der Waals surface area (Å²) >= 11 is 6.02. The van der Waals surface area contributed by atoms with Gasteiger partial charge in [-0.2, -0.15) is 5.26 Å². The van der Waals surface area contributed by atoms with Crippen LogP contribution in [0.25, 0.3) is 0 Å². The molecule has 0 aromatic heterocycles. The minimum atomic E-state index is -0.766. The van der Waals surface area contributed by atoms with E-state index in [4.69, 9.17) is 16.7 Å². The average molecular weight is 381 g/mol. The zero-order valence-corrected chi connectivity index (χ0v) is 14.2. The molecule has 0 aliphatic carbocycles. The lowest BCUT2D eigenvalue weighted by molar-refractivity contribution is -0.384. The van der Waals surface area contributed by atoms with Crippen LogP contribution in [0.5, 0.6) is 0 Å². The average Bonchev–Trinajstić information content (AvgIpc) is 2.92. The van der Waals surface area contributed by atoms with Crippen molar-refractivity contribution in [3.8, 4) is 6.07 Å². The first-order valence-corrected chi connectivity index (χ1v) is 7.58. The number of amides is 1. The van der Waals surface area contributed by atoms with Crippen LogP contribution in [0.3, 0.4) is 0 Å². The van der Waals surface area contributed by atoms with Crippen molar-refractivity contribution in [2.45, 2.75) is 0 Å². The Morgan fingerprint density at radius 3 is 2.81 bits per heavy atom. The Labute approximate surface area is 152 Å². The molecular weight excluding hydrogens is 368 g/mol. The van der Waals surface area contributed by atoms with Crippen molar-refractivity contribution in [1.82, 2.24) is 4.90 Å². The van der Waals surface area contributed by atoms with Gasteiger partial charge in [0.1, 0.15) is 11.8 Å². The molecule has 11 heteroatoms. The first kappa shape index (κ1) is 19.2. The van der Waals surface area contributed by atoms with Crippen molar-refractivity contribution < 1.29 is 24.4 Å². The number of hydrogen-bond donors (Lipinski definition) is 2. The van der Waals surface area contributed by atoms with E-state index in [1.54, 1.807) is 6.07 Å². The molecule has 26 heavy (non-hydrogen) atoms. The molecule has 0 saturated heterocycles. The van der Waals surface area contributed by atoms with Gasteiger partial charge in [-0.1, -0.05) is 11.6 Å². The molecule has 0 spiro atoms. The number of nitrogens with zero attached hydrogens (tertiary/aromatic N) is 3. The van der Waals surface area contributed by atoms with Crippen LogP contribution in [0.1, 0.15) is 5.56 Å². The minimum absolute atomic E-state index is 0.00995. The Balaban J connectivity index is 2.50. The van der Waals surface area contributed by atoms with E-state index in [0.29, 0.717) is 0 Å². The fourth-order valence-corrected chi connectivity index (χ4v) is 2.65. The highest BCUT2D eigenvalue weighted by atomic mass is 35.5. The highest BCUT2D eigenvalue weighted by Gasteiger charge is 2.35. The van der Waals surface area contributed by atoms with E-state index in [9.17, 15) is 25.0 Å². The molecule has 1 aromatic rings. The number of aliphatic hydroxyl groups is 1. The molecule has 136 valence electrons. The lowest BCUT2D eigenvalue weighted by atomic mass is 10.1. The van der Waals surface area contributed by atoms with E-state index in [0.717, 1.165) is 19.2 Å². The highest BCUT2D eigenvalue weighted by Crippen LogP contribution is 2.33. The molecule has 0 saturated carbocycles. The van der Waals surface area contributed by atoms with Gasteiger partial charge in [-0.05, 0) is 0 Å². The number of hydrogen-bond acceptors (Lipinski definition) is 8. The Morgan fingerprint density at radius 2 is 2.27 bits per heavy atom. The monoisotopic (exact) mass is 380 g/mol. The predicted molar refractivity (Wildman–Crippen MR) is 89.2 cm³/mol. The van der Waals surface area contributed by atoms with Gasteiger partial charge < -0.3 is 20.1 Å². The molecule has 2 N–H and O–H groups in total. The van der Waals surface area contributed by atoms with Gasteiger partial charge in [0, 0.05) is 18.7 Å². The number of ether oxygens (including phenoxy) is 1. The van der Waals surface area contributed by atoms with Crippen molar-refractivity contribution in [3.05, 3.63) is 44.1 Å². The molecule has 0 bridgehead atoms. The Kier molecular flexibility index (Phi) is 5.76. The number of nitriles is 1. The number of nitro benzene ring substituents is 1. The zero-order chi connectivity index (χ0) is 19.4. The van der Waals surface area contributed by atoms with Crippen LogP contribution in [0.4, 0.5) is 11.4 Å². The topological polar surface area (TPSA) is 146 Å². The maximum atomic E-state index is 12.5. The summed E-state index contributed by atoms with van der Waals surface area (Å²) in [5, 5.41) is 31.6. The molecule has 1 aromatic carbocycles. The number of carbonyl (C=O) groups is 2. The normalized spacial score (nSPS) is 13.6. The third kappa shape index (κ3) is 3.58. The number of benzene rings is 1. The molecule has 1 amide bonds. The second-order valence-electron chi connectivity index (χ2n) is 5.14. The number of non-ortho nitro benzene ring substituents is 1. The zero-order valence-electron chi connectivity index (χ0n) is 13.5. The van der Waals surface area contributed by atoms with Crippen molar-refractivity contribution in [2.24, 2.45) is 0 Å². The first-order valence-electron chi connectivity index (χ1n) is 7.20. The molecule has 10 nitrogen and oxygen atoms in total. The van der Waals surface area contributed by atoms with Crippen LogP contribution in [0, 0.1) is 21.4 Å². The Morgan fingerprint density at radius 1 is 1.58 bits per heavy atom. The van der Waals surface area contributed by atoms with E-state index >= 15 is 0 Å². The molecule has 1 aliphatic heterocycles. The molecule has 2 rings (SSSR count). The summed E-state index contributed by atoms with van der Waals surface area (Å²) in [6, 6.07) is 3.78. The van der Waals surface area contributed by atoms with Crippen LogP contribution < -0.4 is 5.32 Å². The summed E-state index contributed by atoms with van der Waals surface area (Å²) in [4.78, 5) is 35.8. The van der Waals surface area contributed by atoms with Crippen LogP contribution in [-0.4, -0.2) is 53.6 Å². The number of methoxy groups -OCH3 is 1. The second kappa shape index (κ2) is 7.81. The van der Waals surface area contributed by atoms with Crippen LogP contribution in [-0.2, 0) is 14.3 Å². The Hall–Kier alpha value is -3.16. The molecule has 0 radical (unpaired) electrons. The molecule has 1 aliphatic rings. The van der Waals surface area contributed by atoms with Gasteiger partial charge in [-0.3, -0.25) is 14.9 Å². The second-order valence-corrected chi connectivity index (χ2v) is 5.55. The summed E-state index contributed by atoms with van der Waals surface area (Å²) in [7, 11) is 1.14. The van der Waals surface area contributed by atoms with E-state index < -0.39 is 16.8 Å². The molecule has 0 unspecified atom stereocenters. The standard InChI is InChI=1S/C15H13ClN4O6/c1-26-15(23)10-7-19(2-3-21)14(22)13(10)18-12-8(6-17)4-9(20(24)25)5-11(12)16/h4-5,18,21H,2-3,7H2,1H3. The SMILES string of the molecule is COC(=O)C1=C(Nc2c(Cl)cc([N+](=O)[O-])cc2C#N)C(=O)N(CCO)C1. The number of halogens is 1. The summed E-state index contributed by atoms with van der Waals surface area (Å²) in [5.41, 5.74) is -0.787. The van der Waals surface area contributed by atoms with Gasteiger partial charge in [0.05, 0.1) is 47.0 Å². The maximum absolute atomic E-state index is 12.5. The number of esters is 1. The summed E-state index contributed by atoms with van der Waals surface area (Å²) < 4.78 is 4.65. The van der Waals surface area contributed by atoms with E-state index in [-0.39, 0.29) is 52.9 Å². The number of nitro groups is 1. The van der Waals surface area contributed by atoms with E-state index in [2.05, 4.69) is 10.1 Å². The largest absolute Gasteiger partial charge is 0.466 e. The van der Waals surface area contributed by atoms with Crippen LogP contribution in [0.2, 0.25) is 5.02 Å². The number of anilines is 1. The third-order valence-electron chi connectivity index (χ3n) is 3.61. The lowest BCUT2D eigenvalue weighted by Gasteiger charge is -2.15. The van der Waals surface area contributed by atoms with Gasteiger partial charge in [-0.25, -0.2) is 4.79 Å². The summed E-state index contributed by atoms with van der Waals surface area (Å²) in [6.07, 6.45) is 0. The number of nitrogens with one attached hydrogen (secondary N) is 1. The summed E-state index contributed by atoms with van der Waals surface area (Å²) in [5.74, 6) is -1.37. The van der Waals surface area contributed by atoms with Crippen molar-refractivity contribution in [1.29, 1.82) is 5.26 Å². The summed E-state index contributed by atoms with van der Waals surface area (Å²) in [6.45, 7) is -0.417. The van der Waals surface area contributed by atoms with E-state index in [1.165, 1.54) is 4.90 Å². The van der Waals surface area contributed by atoms with Gasteiger partial charge >= 0.3 is 5.97 Å². The predicted octanol–water partition coefficient (Wildman–Crippen LogP) is 0.793. The van der Waals surface area contributed by atoms with E-state index in [1.807, 2.05) is 0 Å². The smallest absolute Gasteiger partial charge is 0.337 e. The number of β-amino-alcohol motifs (C(OH)–C–C–N with tert-alkyl or cyclic N) is 1.